The van der Waals surface area contributed by atoms with E-state index in [2.05, 4.69) is 9.72 Å². The van der Waals surface area contributed by atoms with E-state index in [9.17, 15) is 9.18 Å². The number of rotatable bonds is 3. The zero-order valence-electron chi connectivity index (χ0n) is 11.9. The molecule has 1 aromatic heterocycles. The number of anilines is 1. The van der Waals surface area contributed by atoms with Gasteiger partial charge in [0.15, 0.2) is 5.69 Å². The number of esters is 1. The van der Waals surface area contributed by atoms with Crippen LogP contribution in [0.4, 0.5) is 10.1 Å². The second-order valence-electron chi connectivity index (χ2n) is 4.50. The smallest absolute Gasteiger partial charge is 0.358 e. The molecule has 116 valence electrons. The molecule has 2 rings (SSSR count). The normalized spacial score (nSPS) is 10.6. The van der Waals surface area contributed by atoms with Gasteiger partial charge >= 0.3 is 5.97 Å². The maximum Gasteiger partial charge on any atom is 0.358 e. The predicted octanol–water partition coefficient (Wildman–Crippen LogP) is 4.13. The van der Waals surface area contributed by atoms with Crippen molar-refractivity contribution in [2.45, 2.75) is 13.3 Å². The van der Waals surface area contributed by atoms with Gasteiger partial charge in [-0.15, -0.1) is 0 Å². The molecular weight excluding hydrogens is 330 g/mol. The number of benzene rings is 1. The highest BCUT2D eigenvalue weighted by Crippen LogP contribution is 2.37. The van der Waals surface area contributed by atoms with Gasteiger partial charge in [0, 0.05) is 5.56 Å². The van der Waals surface area contributed by atoms with Crippen molar-refractivity contribution >= 4 is 34.9 Å². The van der Waals surface area contributed by atoms with E-state index in [1.165, 1.54) is 13.2 Å². The maximum absolute atomic E-state index is 14.0. The highest BCUT2D eigenvalue weighted by Gasteiger charge is 2.22. The van der Waals surface area contributed by atoms with Crippen molar-refractivity contribution in [1.82, 2.24) is 4.98 Å². The average molecular weight is 343 g/mol. The Bertz CT molecular complexity index is 751. The van der Waals surface area contributed by atoms with Crippen LogP contribution in [0.3, 0.4) is 0 Å². The molecule has 1 heterocycles. The maximum atomic E-state index is 14.0. The molecule has 0 aliphatic heterocycles. The van der Waals surface area contributed by atoms with Gasteiger partial charge in [-0.3, -0.25) is 0 Å². The fraction of sp³-hybridized carbons (Fsp3) is 0.200. The van der Waals surface area contributed by atoms with E-state index < -0.39 is 5.97 Å². The largest absolute Gasteiger partial charge is 0.464 e. The molecule has 0 fully saturated rings. The van der Waals surface area contributed by atoms with Crippen LogP contribution in [0.5, 0.6) is 0 Å². The van der Waals surface area contributed by atoms with Crippen LogP contribution in [0.2, 0.25) is 10.0 Å². The number of pyridine rings is 1. The Morgan fingerprint density at radius 1 is 1.36 bits per heavy atom. The van der Waals surface area contributed by atoms with E-state index in [4.69, 9.17) is 28.9 Å². The number of carbonyl (C=O) groups excluding carboxylic acids is 1. The van der Waals surface area contributed by atoms with E-state index >= 15 is 0 Å². The van der Waals surface area contributed by atoms with Crippen LogP contribution in [0.15, 0.2) is 18.2 Å². The Hall–Kier alpha value is -1.85. The number of hydrogen-bond donors (Lipinski definition) is 1. The standard InChI is InChI=1S/C15H13Cl2FN2O2/c1-3-7-4-5-8(6-9(7)18)13-10(16)12(19)11(17)14(20-13)15(21)22-2/h4-6H,3H2,1-2H3,(H2,19,20). The molecule has 22 heavy (non-hydrogen) atoms. The van der Waals surface area contributed by atoms with Gasteiger partial charge in [0.05, 0.1) is 28.5 Å². The third-order valence-corrected chi connectivity index (χ3v) is 3.96. The molecule has 0 aliphatic rings. The van der Waals surface area contributed by atoms with Crippen LogP contribution >= 0.6 is 23.2 Å². The molecule has 0 unspecified atom stereocenters. The molecule has 0 atom stereocenters. The molecule has 4 nitrogen and oxygen atoms in total. The van der Waals surface area contributed by atoms with Gasteiger partial charge in [-0.25, -0.2) is 14.2 Å². The van der Waals surface area contributed by atoms with Crippen molar-refractivity contribution in [2.24, 2.45) is 0 Å². The number of halogens is 3. The predicted molar refractivity (Wildman–Crippen MR) is 84.8 cm³/mol. The quantitative estimate of drug-likeness (QED) is 0.851. The van der Waals surface area contributed by atoms with Gasteiger partial charge in [0.25, 0.3) is 0 Å². The average Bonchev–Trinajstić information content (AvgIpc) is 2.52. The first-order valence-electron chi connectivity index (χ1n) is 6.42. The summed E-state index contributed by atoms with van der Waals surface area (Å²) in [5, 5.41) is -0.0347. The van der Waals surface area contributed by atoms with Gasteiger partial charge in [0.2, 0.25) is 0 Å². The van der Waals surface area contributed by atoms with Crippen molar-refractivity contribution < 1.29 is 13.9 Å². The number of methoxy groups -OCH3 is 1. The highest BCUT2D eigenvalue weighted by molar-refractivity contribution is 6.41. The number of nitrogen functional groups attached to an aromatic ring is 1. The van der Waals surface area contributed by atoms with E-state index in [0.717, 1.165) is 0 Å². The molecule has 0 amide bonds. The summed E-state index contributed by atoms with van der Waals surface area (Å²) in [6.07, 6.45) is 0.559. The van der Waals surface area contributed by atoms with E-state index in [1.807, 2.05) is 6.92 Å². The van der Waals surface area contributed by atoms with Crippen molar-refractivity contribution in [3.05, 3.63) is 45.3 Å². The van der Waals surface area contributed by atoms with Crippen molar-refractivity contribution in [3.8, 4) is 11.3 Å². The summed E-state index contributed by atoms with van der Waals surface area (Å²) in [6.45, 7) is 1.85. The first-order valence-corrected chi connectivity index (χ1v) is 7.17. The van der Waals surface area contributed by atoms with Crippen LogP contribution in [0, 0.1) is 5.82 Å². The molecular formula is C15H13Cl2FN2O2. The molecule has 7 heteroatoms. The van der Waals surface area contributed by atoms with E-state index in [1.54, 1.807) is 12.1 Å². The summed E-state index contributed by atoms with van der Waals surface area (Å²) in [6, 6.07) is 4.58. The topological polar surface area (TPSA) is 65.2 Å². The third kappa shape index (κ3) is 2.87. The SMILES string of the molecule is CCc1ccc(-c2nc(C(=O)OC)c(Cl)c(N)c2Cl)cc1F. The molecule has 0 saturated heterocycles. The minimum absolute atomic E-state index is 0.00582. The Labute approximate surface area is 137 Å². The number of nitrogens with zero attached hydrogens (tertiary/aromatic N) is 1. The van der Waals surface area contributed by atoms with Gasteiger partial charge in [-0.1, -0.05) is 42.3 Å². The molecule has 1 aromatic carbocycles. The number of carbonyl (C=O) groups is 1. The molecule has 0 spiro atoms. The molecule has 0 aliphatic carbocycles. The van der Waals surface area contributed by atoms with Gasteiger partial charge in [-0.2, -0.15) is 0 Å². The lowest BCUT2D eigenvalue weighted by Gasteiger charge is -2.12. The minimum Gasteiger partial charge on any atom is -0.464 e. The Morgan fingerprint density at radius 2 is 2.05 bits per heavy atom. The summed E-state index contributed by atoms with van der Waals surface area (Å²) in [5.74, 6) is -1.13. The number of ether oxygens (including phenoxy) is 1. The molecule has 0 bridgehead atoms. The van der Waals surface area contributed by atoms with Crippen LogP contribution in [-0.2, 0) is 11.2 Å². The van der Waals surface area contributed by atoms with Crippen LogP contribution in [-0.4, -0.2) is 18.1 Å². The number of hydrogen-bond acceptors (Lipinski definition) is 4. The van der Waals surface area contributed by atoms with Gasteiger partial charge in [-0.05, 0) is 18.1 Å². The monoisotopic (exact) mass is 342 g/mol. The van der Waals surface area contributed by atoms with Gasteiger partial charge in [0.1, 0.15) is 5.82 Å². The zero-order chi connectivity index (χ0) is 16.4. The summed E-state index contributed by atoms with van der Waals surface area (Å²) < 4.78 is 18.6. The minimum atomic E-state index is -0.750. The summed E-state index contributed by atoms with van der Waals surface area (Å²) in [5.41, 5.74) is 6.76. The fourth-order valence-electron chi connectivity index (χ4n) is 1.97. The number of aryl methyl sites for hydroxylation is 1. The van der Waals surface area contributed by atoms with Crippen molar-refractivity contribution in [3.63, 3.8) is 0 Å². The molecule has 2 aromatic rings. The van der Waals surface area contributed by atoms with E-state index in [0.29, 0.717) is 17.5 Å². The lowest BCUT2D eigenvalue weighted by Crippen LogP contribution is -2.09. The number of nitrogens with two attached hydrogens (primary N) is 1. The Kier molecular flexibility index (Phi) is 4.88. The second kappa shape index (κ2) is 6.50. The Balaban J connectivity index is 2.67. The first-order chi connectivity index (χ1) is 10.4. The van der Waals surface area contributed by atoms with E-state index in [-0.39, 0.29) is 32.9 Å². The fourth-order valence-corrected chi connectivity index (χ4v) is 2.47. The summed E-state index contributed by atoms with van der Waals surface area (Å²) >= 11 is 12.1. The first kappa shape index (κ1) is 16.5. The molecule has 0 saturated carbocycles. The van der Waals surface area contributed by atoms with Gasteiger partial charge < -0.3 is 10.5 Å². The van der Waals surface area contributed by atoms with Crippen LogP contribution in [0.25, 0.3) is 11.3 Å². The second-order valence-corrected chi connectivity index (χ2v) is 5.26. The number of aromatic nitrogens is 1. The highest BCUT2D eigenvalue weighted by atomic mass is 35.5. The summed E-state index contributed by atoms with van der Waals surface area (Å²) in [4.78, 5) is 15.8. The summed E-state index contributed by atoms with van der Waals surface area (Å²) in [7, 11) is 1.19. The Morgan fingerprint density at radius 3 is 2.59 bits per heavy atom. The van der Waals surface area contributed by atoms with Crippen molar-refractivity contribution in [2.75, 3.05) is 12.8 Å². The van der Waals surface area contributed by atoms with Crippen molar-refractivity contribution in [1.29, 1.82) is 0 Å². The lowest BCUT2D eigenvalue weighted by molar-refractivity contribution is 0.0594. The van der Waals surface area contributed by atoms with Crippen LogP contribution < -0.4 is 5.73 Å². The zero-order valence-corrected chi connectivity index (χ0v) is 13.4. The third-order valence-electron chi connectivity index (χ3n) is 3.20. The molecule has 2 N–H and O–H groups in total. The molecule has 0 radical (unpaired) electrons. The lowest BCUT2D eigenvalue weighted by atomic mass is 10.1. The van der Waals surface area contributed by atoms with Crippen LogP contribution in [0.1, 0.15) is 23.0 Å².